The third-order valence-corrected chi connectivity index (χ3v) is 4.90. The van der Waals surface area contributed by atoms with E-state index in [1.165, 1.54) is 0 Å². The maximum absolute atomic E-state index is 11.9. The fraction of sp³-hybridized carbons (Fsp3) is 0.381. The Morgan fingerprint density at radius 2 is 1.71 bits per heavy atom. The van der Waals surface area contributed by atoms with Gasteiger partial charge in [0.05, 0.1) is 16.7 Å². The first-order valence-corrected chi connectivity index (χ1v) is 9.83. The smallest absolute Gasteiger partial charge is 0.410 e. The molecule has 1 fully saturated rings. The van der Waals surface area contributed by atoms with Crippen LogP contribution in [0.5, 0.6) is 5.75 Å². The molecule has 5 nitrogen and oxygen atoms in total. The maximum atomic E-state index is 11.9. The standard InChI is InChI=1S/C21H24Cl2N2O3/c1-21(2,3)28-20(26)25-10-13(11-25)12-27-16-6-4-14(5-7-16)19-17(22)8-15(24)9-18(19)23/h4-9,13H,10-12,24H2,1-3H3. The number of nitrogens with zero attached hydrogens (tertiary/aromatic N) is 1. The summed E-state index contributed by atoms with van der Waals surface area (Å²) in [7, 11) is 0. The Bertz CT molecular complexity index is 834. The van der Waals surface area contributed by atoms with Gasteiger partial charge in [-0.15, -0.1) is 0 Å². The molecule has 7 heteroatoms. The van der Waals surface area contributed by atoms with Crippen LogP contribution < -0.4 is 10.5 Å². The van der Waals surface area contributed by atoms with Crippen molar-refractivity contribution < 1.29 is 14.3 Å². The van der Waals surface area contributed by atoms with Crippen molar-refractivity contribution in [2.24, 2.45) is 5.92 Å². The summed E-state index contributed by atoms with van der Waals surface area (Å²) >= 11 is 12.6. The zero-order valence-corrected chi connectivity index (χ0v) is 17.7. The highest BCUT2D eigenvalue weighted by Crippen LogP contribution is 2.37. The number of nitrogen functional groups attached to an aromatic ring is 1. The predicted molar refractivity (Wildman–Crippen MR) is 113 cm³/mol. The zero-order valence-electron chi connectivity index (χ0n) is 16.2. The van der Waals surface area contributed by atoms with E-state index in [1.54, 1.807) is 17.0 Å². The number of nitrogens with two attached hydrogens (primary N) is 1. The predicted octanol–water partition coefficient (Wildman–Crippen LogP) is 5.49. The normalized spacial score (nSPS) is 14.5. The van der Waals surface area contributed by atoms with Gasteiger partial charge in [0, 0.05) is 30.3 Å². The highest BCUT2D eigenvalue weighted by atomic mass is 35.5. The number of likely N-dealkylation sites (tertiary alicyclic amines) is 1. The monoisotopic (exact) mass is 422 g/mol. The van der Waals surface area contributed by atoms with Crippen molar-refractivity contribution in [3.05, 3.63) is 46.4 Å². The summed E-state index contributed by atoms with van der Waals surface area (Å²) in [5.74, 6) is 1.05. The summed E-state index contributed by atoms with van der Waals surface area (Å²) in [4.78, 5) is 13.6. The van der Waals surface area contributed by atoms with E-state index in [2.05, 4.69) is 0 Å². The molecule has 0 bridgehead atoms. The molecule has 0 unspecified atom stereocenters. The molecule has 1 aliphatic heterocycles. The van der Waals surface area contributed by atoms with E-state index < -0.39 is 5.60 Å². The summed E-state index contributed by atoms with van der Waals surface area (Å²) < 4.78 is 11.2. The van der Waals surface area contributed by atoms with Crippen LogP contribution in [0.4, 0.5) is 10.5 Å². The molecule has 3 rings (SSSR count). The lowest BCUT2D eigenvalue weighted by atomic mass is 10.0. The first kappa shape index (κ1) is 20.6. The quantitative estimate of drug-likeness (QED) is 0.661. The number of benzene rings is 2. The Hall–Kier alpha value is -2.11. The Balaban J connectivity index is 1.52. The average molecular weight is 423 g/mol. The Labute approximate surface area is 175 Å². The van der Waals surface area contributed by atoms with Gasteiger partial charge in [0.2, 0.25) is 0 Å². The fourth-order valence-electron chi connectivity index (χ4n) is 2.95. The molecule has 28 heavy (non-hydrogen) atoms. The van der Waals surface area contributed by atoms with Crippen molar-refractivity contribution in [3.63, 3.8) is 0 Å². The van der Waals surface area contributed by atoms with E-state index in [9.17, 15) is 4.79 Å². The minimum Gasteiger partial charge on any atom is -0.493 e. The van der Waals surface area contributed by atoms with Gasteiger partial charge in [0.1, 0.15) is 11.4 Å². The van der Waals surface area contributed by atoms with Crippen molar-refractivity contribution in [2.45, 2.75) is 26.4 Å². The molecule has 0 aromatic heterocycles. The van der Waals surface area contributed by atoms with Crippen molar-refractivity contribution in [1.29, 1.82) is 0 Å². The molecule has 0 atom stereocenters. The van der Waals surface area contributed by atoms with Gasteiger partial charge in [0.15, 0.2) is 0 Å². The molecule has 0 saturated carbocycles. The molecular weight excluding hydrogens is 399 g/mol. The molecule has 0 spiro atoms. The van der Waals surface area contributed by atoms with Gasteiger partial charge in [-0.05, 0) is 50.6 Å². The lowest BCUT2D eigenvalue weighted by Crippen LogP contribution is -2.53. The van der Waals surface area contributed by atoms with E-state index in [1.807, 2.05) is 45.0 Å². The van der Waals surface area contributed by atoms with Crippen molar-refractivity contribution in [3.8, 4) is 16.9 Å². The van der Waals surface area contributed by atoms with Gasteiger partial charge in [-0.2, -0.15) is 0 Å². The average Bonchev–Trinajstić information content (AvgIpc) is 2.52. The third-order valence-electron chi connectivity index (χ3n) is 4.30. The van der Waals surface area contributed by atoms with Crippen molar-refractivity contribution in [1.82, 2.24) is 4.90 Å². The van der Waals surface area contributed by atoms with Gasteiger partial charge in [-0.1, -0.05) is 35.3 Å². The lowest BCUT2D eigenvalue weighted by molar-refractivity contribution is -0.00781. The highest BCUT2D eigenvalue weighted by molar-refractivity contribution is 6.39. The Morgan fingerprint density at radius 1 is 1.14 bits per heavy atom. The second kappa shape index (κ2) is 8.10. The van der Waals surface area contributed by atoms with E-state index in [0.29, 0.717) is 41.3 Å². The number of carbonyl (C=O) groups excluding carboxylic acids is 1. The second-order valence-electron chi connectivity index (χ2n) is 7.95. The summed E-state index contributed by atoms with van der Waals surface area (Å²) in [5.41, 5.74) is 7.44. The largest absolute Gasteiger partial charge is 0.493 e. The summed E-state index contributed by atoms with van der Waals surface area (Å²) in [6.45, 7) is 7.41. The van der Waals surface area contributed by atoms with Crippen LogP contribution in [0.15, 0.2) is 36.4 Å². The second-order valence-corrected chi connectivity index (χ2v) is 8.76. The number of ether oxygens (including phenoxy) is 2. The molecule has 2 aromatic carbocycles. The molecule has 1 saturated heterocycles. The van der Waals surface area contributed by atoms with Gasteiger partial charge < -0.3 is 20.1 Å². The Morgan fingerprint density at radius 3 is 2.25 bits per heavy atom. The molecule has 1 amide bonds. The highest BCUT2D eigenvalue weighted by Gasteiger charge is 2.34. The SMILES string of the molecule is CC(C)(C)OC(=O)N1CC(COc2ccc(-c3c(Cl)cc(N)cc3Cl)cc2)C1. The van der Waals surface area contributed by atoms with Crippen molar-refractivity contribution in [2.75, 3.05) is 25.4 Å². The zero-order chi connectivity index (χ0) is 20.5. The number of hydrogen-bond donors (Lipinski definition) is 1. The summed E-state index contributed by atoms with van der Waals surface area (Å²) in [6, 6.07) is 10.9. The van der Waals surface area contributed by atoms with Gasteiger partial charge in [-0.3, -0.25) is 0 Å². The lowest BCUT2D eigenvalue weighted by Gasteiger charge is -2.39. The van der Waals surface area contributed by atoms with Crippen molar-refractivity contribution >= 4 is 35.0 Å². The van der Waals surface area contributed by atoms with Gasteiger partial charge in [0.25, 0.3) is 0 Å². The van der Waals surface area contributed by atoms with Crippen LogP contribution in [0.25, 0.3) is 11.1 Å². The summed E-state index contributed by atoms with van der Waals surface area (Å²) in [6.07, 6.45) is -0.273. The number of rotatable bonds is 4. The van der Waals surface area contributed by atoms with E-state index >= 15 is 0 Å². The number of amides is 1. The topological polar surface area (TPSA) is 64.8 Å². The molecule has 1 heterocycles. The van der Waals surface area contributed by atoms with Crippen LogP contribution >= 0.6 is 23.2 Å². The molecule has 2 N–H and O–H groups in total. The van der Waals surface area contributed by atoms with E-state index in [0.717, 1.165) is 16.9 Å². The van der Waals surface area contributed by atoms with Gasteiger partial charge >= 0.3 is 6.09 Å². The number of anilines is 1. The van der Waals surface area contributed by atoms with Crippen LogP contribution in [0.3, 0.4) is 0 Å². The fourth-order valence-corrected chi connectivity index (χ4v) is 3.67. The Kier molecular flexibility index (Phi) is 5.96. The van der Waals surface area contributed by atoms with Crippen LogP contribution in [-0.4, -0.2) is 36.3 Å². The molecule has 2 aromatic rings. The molecule has 0 radical (unpaired) electrons. The molecule has 1 aliphatic rings. The van der Waals surface area contributed by atoms with Crippen LogP contribution in [0, 0.1) is 5.92 Å². The number of carbonyl (C=O) groups is 1. The third kappa shape index (κ3) is 5.03. The summed E-state index contributed by atoms with van der Waals surface area (Å²) in [5, 5.41) is 1.02. The van der Waals surface area contributed by atoms with E-state index in [4.69, 9.17) is 38.4 Å². The first-order valence-electron chi connectivity index (χ1n) is 9.08. The first-order chi connectivity index (χ1) is 13.1. The molecule has 150 valence electrons. The minimum absolute atomic E-state index is 0.273. The minimum atomic E-state index is -0.476. The van der Waals surface area contributed by atoms with Crippen LogP contribution in [0.1, 0.15) is 20.8 Å². The number of hydrogen-bond acceptors (Lipinski definition) is 4. The molecular formula is C21H24Cl2N2O3. The molecule has 0 aliphatic carbocycles. The maximum Gasteiger partial charge on any atom is 0.410 e. The van der Waals surface area contributed by atoms with Crippen LogP contribution in [0.2, 0.25) is 10.0 Å². The van der Waals surface area contributed by atoms with Gasteiger partial charge in [-0.25, -0.2) is 4.79 Å². The number of halogens is 2. The van der Waals surface area contributed by atoms with Crippen LogP contribution in [-0.2, 0) is 4.74 Å². The van der Waals surface area contributed by atoms with E-state index in [-0.39, 0.29) is 6.09 Å².